The monoisotopic (exact) mass is 285 g/mol. The lowest BCUT2D eigenvalue weighted by molar-refractivity contribution is -0.116. The van der Waals surface area contributed by atoms with Crippen molar-refractivity contribution < 1.29 is 9.18 Å². The molecule has 2 rings (SSSR count). The van der Waals surface area contributed by atoms with Crippen molar-refractivity contribution in [3.8, 4) is 0 Å². The van der Waals surface area contributed by atoms with Crippen LogP contribution in [0, 0.1) is 18.7 Å². The highest BCUT2D eigenvalue weighted by Gasteiger charge is 2.24. The van der Waals surface area contributed by atoms with E-state index in [-0.39, 0.29) is 11.7 Å². The Morgan fingerprint density at radius 2 is 2.25 bits per heavy atom. The summed E-state index contributed by atoms with van der Waals surface area (Å²) in [6.07, 6.45) is 2.88. The van der Waals surface area contributed by atoms with Gasteiger partial charge in [0.25, 0.3) is 0 Å². The average Bonchev–Trinajstić information content (AvgIpc) is 2.98. The number of rotatable bonds is 3. The van der Waals surface area contributed by atoms with Crippen LogP contribution in [0.1, 0.15) is 24.8 Å². The maximum Gasteiger partial charge on any atom is 0.224 e. The molecule has 0 radical (unpaired) electrons. The molecule has 0 bridgehead atoms. The minimum absolute atomic E-state index is 0.0177. The first-order chi connectivity index (χ1) is 7.56. The molecule has 1 amide bonds. The molecule has 1 aromatic rings. The van der Waals surface area contributed by atoms with E-state index in [1.54, 1.807) is 13.0 Å². The molecular weight excluding hydrogens is 273 g/mol. The fourth-order valence-corrected chi connectivity index (χ4v) is 1.91. The van der Waals surface area contributed by atoms with Gasteiger partial charge in [-0.2, -0.15) is 0 Å². The van der Waals surface area contributed by atoms with Gasteiger partial charge in [0.2, 0.25) is 5.91 Å². The van der Waals surface area contributed by atoms with Crippen LogP contribution in [0.25, 0.3) is 0 Å². The molecule has 1 aromatic carbocycles. The summed E-state index contributed by atoms with van der Waals surface area (Å²) in [4.78, 5) is 11.6. The number of carbonyl (C=O) groups is 1. The van der Waals surface area contributed by atoms with E-state index in [2.05, 4.69) is 21.2 Å². The lowest BCUT2D eigenvalue weighted by Gasteiger charge is -2.09. The maximum absolute atomic E-state index is 13.2. The van der Waals surface area contributed by atoms with Gasteiger partial charge in [-0.1, -0.05) is 0 Å². The fourth-order valence-electron chi connectivity index (χ4n) is 1.57. The second-order valence-electron chi connectivity index (χ2n) is 4.28. The summed E-state index contributed by atoms with van der Waals surface area (Å²) in [5, 5.41) is 2.81. The Hall–Kier alpha value is -0.900. The van der Waals surface area contributed by atoms with E-state index in [1.165, 1.54) is 6.07 Å². The lowest BCUT2D eigenvalue weighted by Crippen LogP contribution is -2.13. The predicted molar refractivity (Wildman–Crippen MR) is 64.8 cm³/mol. The zero-order chi connectivity index (χ0) is 11.7. The molecule has 1 N–H and O–H groups in total. The topological polar surface area (TPSA) is 29.1 Å². The van der Waals surface area contributed by atoms with Crippen molar-refractivity contribution in [3.63, 3.8) is 0 Å². The second-order valence-corrected chi connectivity index (χ2v) is 5.13. The highest BCUT2D eigenvalue weighted by Crippen LogP contribution is 2.33. The third-order valence-electron chi connectivity index (χ3n) is 2.71. The first-order valence-corrected chi connectivity index (χ1v) is 6.11. The molecule has 1 aliphatic rings. The summed E-state index contributed by atoms with van der Waals surface area (Å²) >= 11 is 3.11. The van der Waals surface area contributed by atoms with Crippen molar-refractivity contribution in [2.45, 2.75) is 26.2 Å². The van der Waals surface area contributed by atoms with Crippen molar-refractivity contribution in [1.29, 1.82) is 0 Å². The first kappa shape index (κ1) is 11.6. The standard InChI is InChI=1S/C12H13BrFNO/c1-7-4-10(14)9(13)6-11(7)15-12(16)5-8-2-3-8/h4,6,8H,2-3,5H2,1H3,(H,15,16). The van der Waals surface area contributed by atoms with Gasteiger partial charge in [0, 0.05) is 12.1 Å². The number of aryl methyl sites for hydroxylation is 1. The Bertz CT molecular complexity index is 429. The Labute approximate surface area is 102 Å². The highest BCUT2D eigenvalue weighted by atomic mass is 79.9. The first-order valence-electron chi connectivity index (χ1n) is 5.32. The van der Waals surface area contributed by atoms with E-state index < -0.39 is 0 Å². The largest absolute Gasteiger partial charge is 0.326 e. The molecule has 86 valence electrons. The summed E-state index contributed by atoms with van der Waals surface area (Å²) in [6, 6.07) is 3.02. The van der Waals surface area contributed by atoms with Crippen LogP contribution in [0.15, 0.2) is 16.6 Å². The predicted octanol–water partition coefficient (Wildman–Crippen LogP) is 3.64. The number of amides is 1. The van der Waals surface area contributed by atoms with Crippen LogP contribution >= 0.6 is 15.9 Å². The Balaban J connectivity index is 2.07. The molecule has 1 fully saturated rings. The van der Waals surface area contributed by atoms with Gasteiger partial charge in [-0.25, -0.2) is 4.39 Å². The Morgan fingerprint density at radius 3 is 2.88 bits per heavy atom. The van der Waals surface area contributed by atoms with Crippen LogP contribution in [0.4, 0.5) is 10.1 Å². The van der Waals surface area contributed by atoms with Crippen molar-refractivity contribution in [2.24, 2.45) is 5.92 Å². The smallest absolute Gasteiger partial charge is 0.224 e. The maximum atomic E-state index is 13.2. The molecule has 0 heterocycles. The molecule has 0 spiro atoms. The minimum atomic E-state index is -0.308. The van der Waals surface area contributed by atoms with Gasteiger partial charge in [-0.15, -0.1) is 0 Å². The van der Waals surface area contributed by atoms with E-state index >= 15 is 0 Å². The number of anilines is 1. The van der Waals surface area contributed by atoms with E-state index in [9.17, 15) is 9.18 Å². The number of hydrogen-bond donors (Lipinski definition) is 1. The zero-order valence-corrected chi connectivity index (χ0v) is 10.6. The Morgan fingerprint density at radius 1 is 1.56 bits per heavy atom. The van der Waals surface area contributed by atoms with Gasteiger partial charge >= 0.3 is 0 Å². The van der Waals surface area contributed by atoms with Gasteiger partial charge in [-0.3, -0.25) is 4.79 Å². The van der Waals surface area contributed by atoms with Crippen LogP contribution in [-0.4, -0.2) is 5.91 Å². The van der Waals surface area contributed by atoms with Crippen LogP contribution in [-0.2, 0) is 4.79 Å². The van der Waals surface area contributed by atoms with Gasteiger partial charge in [0.05, 0.1) is 4.47 Å². The quantitative estimate of drug-likeness (QED) is 0.903. The number of nitrogens with one attached hydrogen (secondary N) is 1. The molecule has 1 saturated carbocycles. The summed E-state index contributed by atoms with van der Waals surface area (Å²) in [5.74, 6) is 0.269. The zero-order valence-electron chi connectivity index (χ0n) is 9.02. The number of carbonyl (C=O) groups excluding carboxylic acids is 1. The van der Waals surface area contributed by atoms with Gasteiger partial charge < -0.3 is 5.32 Å². The third-order valence-corrected chi connectivity index (χ3v) is 3.32. The van der Waals surface area contributed by atoms with E-state index in [0.717, 1.165) is 18.4 Å². The summed E-state index contributed by atoms with van der Waals surface area (Å²) in [5.41, 5.74) is 1.42. The number of halogens is 2. The average molecular weight is 286 g/mol. The van der Waals surface area contributed by atoms with Crippen molar-refractivity contribution in [2.75, 3.05) is 5.32 Å². The molecule has 4 heteroatoms. The fraction of sp³-hybridized carbons (Fsp3) is 0.417. The van der Waals surface area contributed by atoms with Crippen molar-refractivity contribution in [1.82, 2.24) is 0 Å². The normalized spacial score (nSPS) is 14.9. The molecule has 0 atom stereocenters. The summed E-state index contributed by atoms with van der Waals surface area (Å²) < 4.78 is 13.5. The molecule has 0 aromatic heterocycles. The second kappa shape index (κ2) is 4.53. The van der Waals surface area contributed by atoms with E-state index in [0.29, 0.717) is 22.5 Å². The van der Waals surface area contributed by atoms with E-state index in [4.69, 9.17) is 0 Å². The molecule has 1 aliphatic carbocycles. The van der Waals surface area contributed by atoms with Crippen molar-refractivity contribution in [3.05, 3.63) is 28.0 Å². The number of hydrogen-bond acceptors (Lipinski definition) is 1. The molecule has 2 nitrogen and oxygen atoms in total. The van der Waals surface area contributed by atoms with Crippen LogP contribution in [0.3, 0.4) is 0 Å². The highest BCUT2D eigenvalue weighted by molar-refractivity contribution is 9.10. The van der Waals surface area contributed by atoms with E-state index in [1.807, 2.05) is 0 Å². The minimum Gasteiger partial charge on any atom is -0.326 e. The molecular formula is C12H13BrFNO. The molecule has 0 saturated heterocycles. The van der Waals surface area contributed by atoms with Crippen LogP contribution < -0.4 is 5.32 Å². The van der Waals surface area contributed by atoms with Gasteiger partial charge in [0.1, 0.15) is 5.82 Å². The Kier molecular flexibility index (Phi) is 3.28. The van der Waals surface area contributed by atoms with Gasteiger partial charge in [-0.05, 0) is 59.3 Å². The SMILES string of the molecule is Cc1cc(F)c(Br)cc1NC(=O)CC1CC1. The van der Waals surface area contributed by atoms with Crippen LogP contribution in [0.2, 0.25) is 0 Å². The van der Waals surface area contributed by atoms with Gasteiger partial charge in [0.15, 0.2) is 0 Å². The molecule has 0 aliphatic heterocycles. The summed E-state index contributed by atoms with van der Waals surface area (Å²) in [6.45, 7) is 1.78. The molecule has 16 heavy (non-hydrogen) atoms. The van der Waals surface area contributed by atoms with Crippen LogP contribution in [0.5, 0.6) is 0 Å². The summed E-state index contributed by atoms with van der Waals surface area (Å²) in [7, 11) is 0. The van der Waals surface area contributed by atoms with Crippen molar-refractivity contribution >= 4 is 27.5 Å². The third kappa shape index (κ3) is 2.82. The number of benzene rings is 1. The lowest BCUT2D eigenvalue weighted by atomic mass is 10.2. The molecule has 0 unspecified atom stereocenters.